The van der Waals surface area contributed by atoms with Crippen LogP contribution in [0, 0.1) is 5.92 Å². The Labute approximate surface area is 118 Å². The molecule has 20 heavy (non-hydrogen) atoms. The molecule has 0 spiro atoms. The predicted molar refractivity (Wildman–Crippen MR) is 84.5 cm³/mol. The van der Waals surface area contributed by atoms with Gasteiger partial charge in [-0.25, -0.2) is 0 Å². The lowest BCUT2D eigenvalue weighted by Crippen LogP contribution is -2.08. The minimum absolute atomic E-state index is 0.552. The molecule has 0 bridgehead atoms. The minimum Gasteiger partial charge on any atom is -0.493 e. The fraction of sp³-hybridized carbons (Fsp3) is 0.294. The lowest BCUT2D eigenvalue weighted by Gasteiger charge is -2.12. The van der Waals surface area contributed by atoms with Crippen molar-refractivity contribution < 1.29 is 4.74 Å². The van der Waals surface area contributed by atoms with Gasteiger partial charge >= 0.3 is 0 Å². The van der Waals surface area contributed by atoms with Gasteiger partial charge in [0.1, 0.15) is 5.75 Å². The van der Waals surface area contributed by atoms with Gasteiger partial charge in [0, 0.05) is 5.39 Å². The van der Waals surface area contributed by atoms with E-state index < -0.39 is 0 Å². The molecular weight excluding hydrogens is 248 g/mol. The summed E-state index contributed by atoms with van der Waals surface area (Å²) in [5.74, 6) is 7.66. The molecule has 0 saturated carbocycles. The molecule has 0 aliphatic heterocycles. The van der Waals surface area contributed by atoms with Gasteiger partial charge in [-0.1, -0.05) is 44.5 Å². The van der Waals surface area contributed by atoms with E-state index in [1.54, 1.807) is 4.68 Å². The molecule has 2 aromatic carbocycles. The summed E-state index contributed by atoms with van der Waals surface area (Å²) in [6.07, 6.45) is 1.12. The number of hydrogen-bond donors (Lipinski definition) is 1. The maximum absolute atomic E-state index is 6.19. The minimum atomic E-state index is 0.552. The first-order chi connectivity index (χ1) is 9.72. The second-order valence-corrected chi connectivity index (χ2v) is 5.36. The van der Waals surface area contributed by atoms with Crippen LogP contribution in [0.1, 0.15) is 20.3 Å². The van der Waals surface area contributed by atoms with Crippen LogP contribution in [0.4, 0.5) is 0 Å². The zero-order valence-corrected chi connectivity index (χ0v) is 12.0. The Morgan fingerprint density at radius 3 is 2.65 bits per heavy atom. The van der Waals surface area contributed by atoms with Crippen LogP contribution in [-0.4, -0.2) is 11.3 Å². The first-order valence-electron chi connectivity index (χ1n) is 7.12. The summed E-state index contributed by atoms with van der Waals surface area (Å²) < 4.78 is 7.76. The molecule has 1 unspecified atom stereocenters. The highest BCUT2D eigenvalue weighted by Crippen LogP contribution is 2.34. The molecule has 3 heteroatoms. The zero-order chi connectivity index (χ0) is 14.1. The highest BCUT2D eigenvalue weighted by molar-refractivity contribution is 6.11. The third-order valence-corrected chi connectivity index (χ3v) is 3.92. The van der Waals surface area contributed by atoms with Gasteiger partial charge in [0.15, 0.2) is 0 Å². The summed E-state index contributed by atoms with van der Waals surface area (Å²) >= 11 is 0. The van der Waals surface area contributed by atoms with Crippen LogP contribution < -0.4 is 10.6 Å². The Bertz CT molecular complexity index is 745. The van der Waals surface area contributed by atoms with Crippen molar-refractivity contribution in [3.63, 3.8) is 0 Å². The van der Waals surface area contributed by atoms with Crippen molar-refractivity contribution in [3.05, 3.63) is 42.5 Å². The van der Waals surface area contributed by atoms with E-state index in [9.17, 15) is 0 Å². The van der Waals surface area contributed by atoms with E-state index in [1.165, 1.54) is 0 Å². The van der Waals surface area contributed by atoms with Crippen molar-refractivity contribution in [2.45, 2.75) is 20.3 Å². The van der Waals surface area contributed by atoms with Gasteiger partial charge in [0.25, 0.3) is 0 Å². The largest absolute Gasteiger partial charge is 0.493 e. The van der Waals surface area contributed by atoms with Crippen LogP contribution in [0.15, 0.2) is 42.5 Å². The van der Waals surface area contributed by atoms with Crippen molar-refractivity contribution >= 4 is 21.8 Å². The second-order valence-electron chi connectivity index (χ2n) is 5.36. The van der Waals surface area contributed by atoms with Gasteiger partial charge in [0.05, 0.1) is 23.0 Å². The van der Waals surface area contributed by atoms with Crippen LogP contribution >= 0.6 is 0 Å². The summed E-state index contributed by atoms with van der Waals surface area (Å²) in [6, 6.07) is 14.2. The number of ether oxygens (including phenoxy) is 1. The molecule has 3 nitrogen and oxygen atoms in total. The zero-order valence-electron chi connectivity index (χ0n) is 12.0. The Hall–Kier alpha value is -2.16. The first-order valence-corrected chi connectivity index (χ1v) is 7.12. The van der Waals surface area contributed by atoms with E-state index in [4.69, 9.17) is 10.6 Å². The average molecular weight is 268 g/mol. The van der Waals surface area contributed by atoms with Crippen molar-refractivity contribution in [1.29, 1.82) is 0 Å². The SMILES string of the molecule is CCC(C)COc1cccc2c1c1ccccc1n2N. The molecule has 2 N–H and O–H groups in total. The van der Waals surface area contributed by atoms with Gasteiger partial charge in [0.2, 0.25) is 0 Å². The summed E-state index contributed by atoms with van der Waals surface area (Å²) in [7, 11) is 0. The van der Waals surface area contributed by atoms with E-state index in [2.05, 4.69) is 19.9 Å². The number of aromatic nitrogens is 1. The second kappa shape index (κ2) is 5.08. The van der Waals surface area contributed by atoms with Gasteiger partial charge in [-0.2, -0.15) is 0 Å². The van der Waals surface area contributed by atoms with Gasteiger partial charge in [-0.3, -0.25) is 4.68 Å². The molecule has 0 saturated heterocycles. The molecule has 0 aliphatic carbocycles. The fourth-order valence-electron chi connectivity index (χ4n) is 2.49. The van der Waals surface area contributed by atoms with E-state index in [1.807, 2.05) is 36.4 Å². The van der Waals surface area contributed by atoms with E-state index in [0.717, 1.165) is 40.6 Å². The molecule has 1 heterocycles. The third-order valence-electron chi connectivity index (χ3n) is 3.92. The predicted octanol–water partition coefficient (Wildman–Crippen LogP) is 3.93. The lowest BCUT2D eigenvalue weighted by atomic mass is 10.1. The molecule has 3 rings (SSSR count). The number of nitrogens with zero attached hydrogens (tertiary/aromatic N) is 1. The van der Waals surface area contributed by atoms with E-state index in [0.29, 0.717) is 5.92 Å². The van der Waals surface area contributed by atoms with Crippen molar-refractivity contribution in [3.8, 4) is 5.75 Å². The molecule has 0 fully saturated rings. The molecule has 1 atom stereocenters. The van der Waals surface area contributed by atoms with Crippen molar-refractivity contribution in [2.75, 3.05) is 12.4 Å². The fourth-order valence-corrected chi connectivity index (χ4v) is 2.49. The molecule has 104 valence electrons. The Balaban J connectivity index is 2.15. The Morgan fingerprint density at radius 2 is 1.85 bits per heavy atom. The number of nitrogens with two attached hydrogens (primary N) is 1. The van der Waals surface area contributed by atoms with Crippen LogP contribution in [0.2, 0.25) is 0 Å². The lowest BCUT2D eigenvalue weighted by molar-refractivity contribution is 0.259. The van der Waals surface area contributed by atoms with Crippen LogP contribution in [-0.2, 0) is 0 Å². The van der Waals surface area contributed by atoms with E-state index >= 15 is 0 Å². The van der Waals surface area contributed by atoms with Crippen molar-refractivity contribution in [1.82, 2.24) is 4.68 Å². The summed E-state index contributed by atoms with van der Waals surface area (Å²) in [6.45, 7) is 5.12. The van der Waals surface area contributed by atoms with Crippen molar-refractivity contribution in [2.24, 2.45) is 5.92 Å². The summed E-state index contributed by atoms with van der Waals surface area (Å²) in [5, 5.41) is 2.25. The summed E-state index contributed by atoms with van der Waals surface area (Å²) in [4.78, 5) is 0. The summed E-state index contributed by atoms with van der Waals surface area (Å²) in [5.41, 5.74) is 2.04. The molecule has 0 amide bonds. The number of para-hydroxylation sites is 1. The highest BCUT2D eigenvalue weighted by Gasteiger charge is 2.13. The number of hydrogen-bond acceptors (Lipinski definition) is 2. The maximum atomic E-state index is 6.19. The number of rotatable bonds is 4. The first kappa shape index (κ1) is 12.9. The number of fused-ring (bicyclic) bond motifs is 3. The van der Waals surface area contributed by atoms with Crippen LogP contribution in [0.3, 0.4) is 0 Å². The van der Waals surface area contributed by atoms with Gasteiger partial charge in [-0.15, -0.1) is 0 Å². The third kappa shape index (κ3) is 1.99. The Morgan fingerprint density at radius 1 is 1.10 bits per heavy atom. The smallest absolute Gasteiger partial charge is 0.129 e. The average Bonchev–Trinajstić information content (AvgIpc) is 2.79. The van der Waals surface area contributed by atoms with Gasteiger partial charge < -0.3 is 10.6 Å². The molecule has 0 aliphatic rings. The molecule has 1 aromatic heterocycles. The molecule has 0 radical (unpaired) electrons. The molecule has 3 aromatic rings. The topological polar surface area (TPSA) is 40.2 Å². The maximum Gasteiger partial charge on any atom is 0.129 e. The van der Waals surface area contributed by atoms with Crippen LogP contribution in [0.25, 0.3) is 21.8 Å². The quantitative estimate of drug-likeness (QED) is 0.728. The van der Waals surface area contributed by atoms with Gasteiger partial charge in [-0.05, 0) is 24.1 Å². The van der Waals surface area contributed by atoms with E-state index in [-0.39, 0.29) is 0 Å². The standard InChI is InChI=1S/C17H20N2O/c1-3-12(2)11-20-16-10-6-9-15-17(16)13-7-4-5-8-14(13)19(15)18/h4-10,12H,3,11,18H2,1-2H3. The molecular formula is C17H20N2O. The number of benzene rings is 2. The van der Waals surface area contributed by atoms with Crippen LogP contribution in [0.5, 0.6) is 5.75 Å². The monoisotopic (exact) mass is 268 g/mol. The number of nitrogen functional groups attached to an aromatic ring is 1. The Kier molecular flexibility index (Phi) is 3.26. The normalized spacial score (nSPS) is 12.9. The highest BCUT2D eigenvalue weighted by atomic mass is 16.5.